The van der Waals surface area contributed by atoms with E-state index in [2.05, 4.69) is 5.32 Å². The van der Waals surface area contributed by atoms with Crippen molar-refractivity contribution in [1.29, 1.82) is 0 Å². The van der Waals surface area contributed by atoms with E-state index in [4.69, 9.17) is 5.73 Å². The standard InChI is InChI=1S/C13H16F2N2O2S.ClH/c14-13(15,8-16)9-17-12(19)7-20-6-11(18)10-4-2-1-3-5-10;/h1-5H,6-9,16H2,(H,17,19);1H. The Kier molecular flexibility index (Phi) is 9.16. The van der Waals surface area contributed by atoms with Gasteiger partial charge in [-0.3, -0.25) is 9.59 Å². The molecule has 0 heterocycles. The third kappa shape index (κ3) is 7.99. The van der Waals surface area contributed by atoms with Crippen molar-refractivity contribution in [1.82, 2.24) is 5.32 Å². The maximum atomic E-state index is 12.8. The highest BCUT2D eigenvalue weighted by atomic mass is 35.5. The summed E-state index contributed by atoms with van der Waals surface area (Å²) in [4.78, 5) is 23.0. The van der Waals surface area contributed by atoms with Crippen LogP contribution in [0.3, 0.4) is 0 Å². The lowest BCUT2D eigenvalue weighted by Gasteiger charge is -2.14. The number of hydrogen-bond donors (Lipinski definition) is 2. The van der Waals surface area contributed by atoms with Crippen LogP contribution < -0.4 is 11.1 Å². The minimum Gasteiger partial charge on any atom is -0.349 e. The van der Waals surface area contributed by atoms with Crippen LogP contribution >= 0.6 is 24.2 Å². The van der Waals surface area contributed by atoms with Crippen molar-refractivity contribution in [2.75, 3.05) is 24.6 Å². The maximum absolute atomic E-state index is 12.8. The number of ketones is 1. The van der Waals surface area contributed by atoms with Crippen molar-refractivity contribution in [3.63, 3.8) is 0 Å². The summed E-state index contributed by atoms with van der Waals surface area (Å²) in [6.07, 6.45) is 0. The predicted octanol–water partition coefficient (Wildman–Crippen LogP) is 1.73. The van der Waals surface area contributed by atoms with E-state index in [1.54, 1.807) is 30.3 Å². The fourth-order valence-electron chi connectivity index (χ4n) is 1.29. The Bertz CT molecular complexity index is 461. The largest absolute Gasteiger partial charge is 0.349 e. The zero-order valence-electron chi connectivity index (χ0n) is 11.2. The zero-order chi connectivity index (χ0) is 15.0. The van der Waals surface area contributed by atoms with Gasteiger partial charge in [0.2, 0.25) is 5.91 Å². The second-order valence-electron chi connectivity index (χ2n) is 4.12. The van der Waals surface area contributed by atoms with Gasteiger partial charge in [0.15, 0.2) is 5.78 Å². The van der Waals surface area contributed by atoms with E-state index in [1.165, 1.54) is 0 Å². The molecule has 8 heteroatoms. The third-order valence-electron chi connectivity index (χ3n) is 2.40. The number of Topliss-reactive ketones (excluding diaryl/α,β-unsaturated/α-hetero) is 1. The SMILES string of the molecule is Cl.NCC(F)(F)CNC(=O)CSCC(=O)c1ccccc1. The van der Waals surface area contributed by atoms with E-state index >= 15 is 0 Å². The first-order valence-corrected chi connectivity index (χ1v) is 7.10. The van der Waals surface area contributed by atoms with Gasteiger partial charge >= 0.3 is 0 Å². The van der Waals surface area contributed by atoms with E-state index < -0.39 is 24.9 Å². The smallest absolute Gasteiger partial charge is 0.277 e. The van der Waals surface area contributed by atoms with Crippen LogP contribution in [0.1, 0.15) is 10.4 Å². The van der Waals surface area contributed by atoms with Crippen LogP contribution in [0.25, 0.3) is 0 Å². The summed E-state index contributed by atoms with van der Waals surface area (Å²) >= 11 is 1.08. The van der Waals surface area contributed by atoms with Crippen LogP contribution in [0.4, 0.5) is 8.78 Å². The number of nitrogens with two attached hydrogens (primary N) is 1. The molecule has 3 N–H and O–H groups in total. The van der Waals surface area contributed by atoms with E-state index in [9.17, 15) is 18.4 Å². The molecule has 0 aliphatic rings. The molecule has 0 unspecified atom stereocenters. The second kappa shape index (κ2) is 9.70. The van der Waals surface area contributed by atoms with Gasteiger partial charge in [0, 0.05) is 5.56 Å². The average Bonchev–Trinajstić information content (AvgIpc) is 2.46. The number of benzene rings is 1. The molecule has 0 aliphatic carbocycles. The van der Waals surface area contributed by atoms with Crippen molar-refractivity contribution in [3.8, 4) is 0 Å². The molecule has 0 aromatic heterocycles. The molecule has 0 aliphatic heterocycles. The van der Waals surface area contributed by atoms with Crippen molar-refractivity contribution in [2.45, 2.75) is 5.92 Å². The van der Waals surface area contributed by atoms with Crippen molar-refractivity contribution in [2.24, 2.45) is 5.73 Å². The van der Waals surface area contributed by atoms with Gasteiger partial charge in [-0.25, -0.2) is 8.78 Å². The molecule has 0 atom stereocenters. The molecule has 1 aromatic carbocycles. The van der Waals surface area contributed by atoms with Crippen LogP contribution in [0, 0.1) is 0 Å². The topological polar surface area (TPSA) is 72.2 Å². The molecule has 0 radical (unpaired) electrons. The normalized spacial score (nSPS) is 10.6. The Hall–Kier alpha value is -1.18. The Labute approximate surface area is 132 Å². The number of carbonyl (C=O) groups excluding carboxylic acids is 2. The molecule has 4 nitrogen and oxygen atoms in total. The van der Waals surface area contributed by atoms with Gasteiger partial charge in [0.1, 0.15) is 0 Å². The molecule has 0 fully saturated rings. The van der Waals surface area contributed by atoms with Gasteiger partial charge in [-0.2, -0.15) is 0 Å². The van der Waals surface area contributed by atoms with Crippen LogP contribution in [0.2, 0.25) is 0 Å². The first kappa shape index (κ1) is 19.8. The van der Waals surface area contributed by atoms with Gasteiger partial charge < -0.3 is 11.1 Å². The van der Waals surface area contributed by atoms with Crippen molar-refractivity contribution >= 4 is 35.9 Å². The van der Waals surface area contributed by atoms with E-state index in [0.29, 0.717) is 5.56 Å². The molecule has 0 saturated carbocycles. The molecule has 1 amide bonds. The fraction of sp³-hybridized carbons (Fsp3) is 0.385. The highest BCUT2D eigenvalue weighted by molar-refractivity contribution is 8.00. The first-order chi connectivity index (χ1) is 9.44. The highest BCUT2D eigenvalue weighted by Crippen LogP contribution is 2.10. The predicted molar refractivity (Wildman–Crippen MR) is 82.4 cm³/mol. The lowest BCUT2D eigenvalue weighted by atomic mass is 10.2. The van der Waals surface area contributed by atoms with E-state index in [1.807, 2.05) is 0 Å². The molecular weight excluding hydrogens is 322 g/mol. The van der Waals surface area contributed by atoms with Crippen molar-refractivity contribution in [3.05, 3.63) is 35.9 Å². The average molecular weight is 339 g/mol. The molecular formula is C13H17ClF2N2O2S. The third-order valence-corrected chi connectivity index (χ3v) is 3.34. The number of nitrogens with one attached hydrogen (secondary N) is 1. The fourth-order valence-corrected chi connectivity index (χ4v) is 2.04. The van der Waals surface area contributed by atoms with Crippen LogP contribution in [-0.2, 0) is 4.79 Å². The molecule has 0 saturated heterocycles. The summed E-state index contributed by atoms with van der Waals surface area (Å²) in [6.45, 7) is -1.59. The maximum Gasteiger partial charge on any atom is 0.277 e. The van der Waals surface area contributed by atoms with Gasteiger partial charge in [-0.1, -0.05) is 30.3 Å². The lowest BCUT2D eigenvalue weighted by molar-refractivity contribution is -0.120. The van der Waals surface area contributed by atoms with E-state index in [-0.39, 0.29) is 29.7 Å². The Morgan fingerprint density at radius 2 is 1.81 bits per heavy atom. The first-order valence-electron chi connectivity index (χ1n) is 5.95. The number of carbonyl (C=O) groups is 2. The minimum absolute atomic E-state index is 0. The summed E-state index contributed by atoms with van der Waals surface area (Å²) in [5.74, 6) is -3.65. The van der Waals surface area contributed by atoms with Gasteiger partial charge in [-0.05, 0) is 0 Å². The molecule has 21 heavy (non-hydrogen) atoms. The van der Waals surface area contributed by atoms with Crippen LogP contribution in [-0.4, -0.2) is 42.2 Å². The Balaban J connectivity index is 0.00000400. The highest BCUT2D eigenvalue weighted by Gasteiger charge is 2.27. The quantitative estimate of drug-likeness (QED) is 0.708. The summed E-state index contributed by atoms with van der Waals surface area (Å²) < 4.78 is 25.6. The molecule has 1 aromatic rings. The molecule has 118 valence electrons. The Morgan fingerprint density at radius 3 is 2.38 bits per heavy atom. The van der Waals surface area contributed by atoms with Crippen LogP contribution in [0.15, 0.2) is 30.3 Å². The summed E-state index contributed by atoms with van der Waals surface area (Å²) in [5, 5.41) is 2.09. The summed E-state index contributed by atoms with van der Waals surface area (Å²) in [5.41, 5.74) is 5.41. The number of rotatable bonds is 8. The second-order valence-corrected chi connectivity index (χ2v) is 5.10. The Morgan fingerprint density at radius 1 is 1.19 bits per heavy atom. The monoisotopic (exact) mass is 338 g/mol. The summed E-state index contributed by atoms with van der Waals surface area (Å²) in [7, 11) is 0. The minimum atomic E-state index is -3.10. The number of thioether (sulfide) groups is 1. The lowest BCUT2D eigenvalue weighted by Crippen LogP contribution is -2.42. The van der Waals surface area contributed by atoms with Gasteiger partial charge in [0.25, 0.3) is 5.92 Å². The van der Waals surface area contributed by atoms with Gasteiger partial charge in [0.05, 0.1) is 24.6 Å². The summed E-state index contributed by atoms with van der Waals surface area (Å²) in [6, 6.07) is 8.67. The molecule has 0 spiro atoms. The molecule has 0 bridgehead atoms. The number of alkyl halides is 2. The zero-order valence-corrected chi connectivity index (χ0v) is 12.8. The van der Waals surface area contributed by atoms with Crippen molar-refractivity contribution < 1.29 is 18.4 Å². The van der Waals surface area contributed by atoms with Crippen LogP contribution in [0.5, 0.6) is 0 Å². The van der Waals surface area contributed by atoms with Gasteiger partial charge in [-0.15, -0.1) is 24.2 Å². The number of hydrogen-bond acceptors (Lipinski definition) is 4. The van der Waals surface area contributed by atoms with E-state index in [0.717, 1.165) is 11.8 Å². The number of halogens is 3. The molecule has 1 rings (SSSR count). The number of amides is 1.